The van der Waals surface area contributed by atoms with E-state index in [4.69, 9.17) is 4.74 Å². The van der Waals surface area contributed by atoms with Gasteiger partial charge in [0, 0.05) is 13.5 Å². The highest BCUT2D eigenvalue weighted by Crippen LogP contribution is 2.36. The second kappa shape index (κ2) is 8.38. The van der Waals surface area contributed by atoms with Gasteiger partial charge in [0.25, 0.3) is 0 Å². The standard InChI is InChI=1S/C22H34O2/c1-16(24-2)13-21-15-19(7-3-5-17-9-10-17)14-20(22(21)23)8-4-6-18-11-12-18/h14-18,23H,3-13H2,1-2H3. The molecule has 0 aliphatic heterocycles. The number of methoxy groups -OCH3 is 1. The lowest BCUT2D eigenvalue weighted by atomic mass is 9.94. The Balaban J connectivity index is 1.65. The van der Waals surface area contributed by atoms with E-state index in [-0.39, 0.29) is 6.10 Å². The molecule has 0 amide bonds. The van der Waals surface area contributed by atoms with Crippen LogP contribution >= 0.6 is 0 Å². The van der Waals surface area contributed by atoms with Crippen molar-refractivity contribution in [2.75, 3.05) is 7.11 Å². The van der Waals surface area contributed by atoms with Crippen molar-refractivity contribution in [1.29, 1.82) is 0 Å². The Labute approximate surface area is 147 Å². The van der Waals surface area contributed by atoms with Gasteiger partial charge in [-0.25, -0.2) is 0 Å². The summed E-state index contributed by atoms with van der Waals surface area (Å²) in [6, 6.07) is 4.50. The molecule has 134 valence electrons. The molecule has 2 nitrogen and oxygen atoms in total. The van der Waals surface area contributed by atoms with E-state index in [0.29, 0.717) is 5.75 Å². The summed E-state index contributed by atoms with van der Waals surface area (Å²) in [6.45, 7) is 2.08. The summed E-state index contributed by atoms with van der Waals surface area (Å²) >= 11 is 0. The molecular weight excluding hydrogens is 296 g/mol. The van der Waals surface area contributed by atoms with Crippen molar-refractivity contribution in [2.45, 2.75) is 83.7 Å². The van der Waals surface area contributed by atoms with Crippen molar-refractivity contribution in [2.24, 2.45) is 11.8 Å². The molecule has 0 spiro atoms. The Morgan fingerprint density at radius 1 is 1.00 bits per heavy atom. The van der Waals surface area contributed by atoms with Gasteiger partial charge in [-0.1, -0.05) is 50.7 Å². The van der Waals surface area contributed by atoms with Crippen LogP contribution in [0.15, 0.2) is 12.1 Å². The van der Waals surface area contributed by atoms with Crippen LogP contribution in [0.1, 0.15) is 75.0 Å². The third-order valence-corrected chi connectivity index (χ3v) is 5.77. The molecule has 1 aromatic carbocycles. The van der Waals surface area contributed by atoms with Crippen LogP contribution in [-0.4, -0.2) is 18.3 Å². The highest BCUT2D eigenvalue weighted by molar-refractivity contribution is 5.44. The highest BCUT2D eigenvalue weighted by Gasteiger charge is 2.22. The molecule has 0 radical (unpaired) electrons. The summed E-state index contributed by atoms with van der Waals surface area (Å²) in [6.07, 6.45) is 14.1. The second-order valence-corrected chi connectivity index (χ2v) is 8.18. The number of aromatic hydroxyl groups is 1. The SMILES string of the molecule is COC(C)Cc1cc(CCCC2CC2)cc(CCCC2CC2)c1O. The molecule has 0 heterocycles. The second-order valence-electron chi connectivity index (χ2n) is 8.18. The van der Waals surface area contributed by atoms with E-state index >= 15 is 0 Å². The van der Waals surface area contributed by atoms with E-state index in [0.717, 1.165) is 42.2 Å². The molecule has 2 heteroatoms. The minimum absolute atomic E-state index is 0.150. The Morgan fingerprint density at radius 2 is 1.58 bits per heavy atom. The molecule has 2 fully saturated rings. The number of hydrogen-bond donors (Lipinski definition) is 1. The third kappa shape index (κ3) is 5.51. The Kier molecular flexibility index (Phi) is 6.21. The van der Waals surface area contributed by atoms with Gasteiger partial charge in [0.1, 0.15) is 5.75 Å². The van der Waals surface area contributed by atoms with E-state index in [1.165, 1.54) is 56.9 Å². The topological polar surface area (TPSA) is 29.5 Å². The number of ether oxygens (including phenoxy) is 1. The van der Waals surface area contributed by atoms with E-state index in [9.17, 15) is 5.11 Å². The quantitative estimate of drug-likeness (QED) is 0.586. The predicted molar refractivity (Wildman–Crippen MR) is 99.6 cm³/mol. The number of phenols is 1. The van der Waals surface area contributed by atoms with Gasteiger partial charge in [-0.2, -0.15) is 0 Å². The first-order valence-corrected chi connectivity index (χ1v) is 10.0. The molecule has 3 rings (SSSR count). The Bertz CT molecular complexity index is 529. The van der Waals surface area contributed by atoms with E-state index in [1.807, 2.05) is 0 Å². The summed E-state index contributed by atoms with van der Waals surface area (Å²) < 4.78 is 5.42. The van der Waals surface area contributed by atoms with Crippen LogP contribution in [0.25, 0.3) is 0 Å². The number of benzene rings is 1. The smallest absolute Gasteiger partial charge is 0.122 e. The summed E-state index contributed by atoms with van der Waals surface area (Å²) in [5.74, 6) is 2.51. The van der Waals surface area contributed by atoms with Gasteiger partial charge in [-0.05, 0) is 61.1 Å². The van der Waals surface area contributed by atoms with Gasteiger partial charge in [0.2, 0.25) is 0 Å². The number of hydrogen-bond acceptors (Lipinski definition) is 2. The fraction of sp³-hybridized carbons (Fsp3) is 0.727. The predicted octanol–water partition coefficient (Wildman–Crippen LogP) is 5.44. The van der Waals surface area contributed by atoms with Crippen molar-refractivity contribution in [3.8, 4) is 5.75 Å². The van der Waals surface area contributed by atoms with E-state index in [2.05, 4.69) is 19.1 Å². The third-order valence-electron chi connectivity index (χ3n) is 5.77. The minimum Gasteiger partial charge on any atom is -0.507 e. The summed E-state index contributed by atoms with van der Waals surface area (Å²) in [7, 11) is 1.75. The normalized spacial score (nSPS) is 18.8. The fourth-order valence-electron chi connectivity index (χ4n) is 3.70. The molecule has 2 saturated carbocycles. The van der Waals surface area contributed by atoms with Crippen molar-refractivity contribution in [1.82, 2.24) is 0 Å². The number of rotatable bonds is 11. The lowest BCUT2D eigenvalue weighted by molar-refractivity contribution is 0.118. The van der Waals surface area contributed by atoms with Crippen molar-refractivity contribution < 1.29 is 9.84 Å². The zero-order valence-corrected chi connectivity index (χ0v) is 15.5. The molecule has 2 aliphatic carbocycles. The first-order chi connectivity index (χ1) is 11.7. The largest absolute Gasteiger partial charge is 0.507 e. The minimum atomic E-state index is 0.150. The van der Waals surface area contributed by atoms with Crippen molar-refractivity contribution in [3.63, 3.8) is 0 Å². The molecule has 0 saturated heterocycles. The average molecular weight is 331 g/mol. The molecule has 1 aromatic rings. The van der Waals surface area contributed by atoms with Gasteiger partial charge >= 0.3 is 0 Å². The summed E-state index contributed by atoms with van der Waals surface area (Å²) in [5, 5.41) is 10.7. The number of aryl methyl sites for hydroxylation is 2. The summed E-state index contributed by atoms with van der Waals surface area (Å²) in [4.78, 5) is 0. The van der Waals surface area contributed by atoms with Crippen LogP contribution in [0.3, 0.4) is 0 Å². The maximum absolute atomic E-state index is 10.7. The maximum Gasteiger partial charge on any atom is 0.122 e. The first kappa shape index (κ1) is 17.8. The van der Waals surface area contributed by atoms with Gasteiger partial charge in [-0.15, -0.1) is 0 Å². The lowest BCUT2D eigenvalue weighted by Gasteiger charge is -2.16. The van der Waals surface area contributed by atoms with Crippen molar-refractivity contribution in [3.05, 3.63) is 28.8 Å². The number of phenolic OH excluding ortho intramolecular Hbond substituents is 1. The van der Waals surface area contributed by atoms with Crippen LogP contribution in [0.5, 0.6) is 5.75 Å². The molecule has 24 heavy (non-hydrogen) atoms. The van der Waals surface area contributed by atoms with Crippen LogP contribution < -0.4 is 0 Å². The molecular formula is C22H34O2. The zero-order valence-electron chi connectivity index (χ0n) is 15.5. The molecule has 0 aromatic heterocycles. The van der Waals surface area contributed by atoms with Crippen molar-refractivity contribution >= 4 is 0 Å². The van der Waals surface area contributed by atoms with Gasteiger partial charge in [0.05, 0.1) is 6.10 Å². The monoisotopic (exact) mass is 330 g/mol. The maximum atomic E-state index is 10.7. The highest BCUT2D eigenvalue weighted by atomic mass is 16.5. The van der Waals surface area contributed by atoms with E-state index in [1.54, 1.807) is 7.11 Å². The van der Waals surface area contributed by atoms with Gasteiger partial charge in [-0.3, -0.25) is 0 Å². The van der Waals surface area contributed by atoms with Crippen LogP contribution in [0, 0.1) is 11.8 Å². The molecule has 1 unspecified atom stereocenters. The van der Waals surface area contributed by atoms with Crippen LogP contribution in [-0.2, 0) is 24.0 Å². The fourth-order valence-corrected chi connectivity index (χ4v) is 3.70. The average Bonchev–Trinajstić information content (AvgIpc) is 3.45. The lowest BCUT2D eigenvalue weighted by Crippen LogP contribution is -2.10. The van der Waals surface area contributed by atoms with Gasteiger partial charge in [0.15, 0.2) is 0 Å². The molecule has 0 bridgehead atoms. The van der Waals surface area contributed by atoms with Gasteiger partial charge < -0.3 is 9.84 Å². The van der Waals surface area contributed by atoms with Crippen LogP contribution in [0.2, 0.25) is 0 Å². The summed E-state index contributed by atoms with van der Waals surface area (Å²) in [5.41, 5.74) is 3.65. The first-order valence-electron chi connectivity index (χ1n) is 10.0. The Hall–Kier alpha value is -1.02. The van der Waals surface area contributed by atoms with Crippen LogP contribution in [0.4, 0.5) is 0 Å². The Morgan fingerprint density at radius 3 is 2.17 bits per heavy atom. The molecule has 1 atom stereocenters. The molecule has 1 N–H and O–H groups in total. The zero-order chi connectivity index (χ0) is 16.9. The molecule has 2 aliphatic rings. The van der Waals surface area contributed by atoms with E-state index < -0.39 is 0 Å².